The van der Waals surface area contributed by atoms with Crippen molar-refractivity contribution in [3.05, 3.63) is 47.2 Å². The van der Waals surface area contributed by atoms with E-state index in [2.05, 4.69) is 20.6 Å². The Kier molecular flexibility index (Phi) is 4.90. The lowest BCUT2D eigenvalue weighted by Gasteiger charge is -2.06. The van der Waals surface area contributed by atoms with Gasteiger partial charge >= 0.3 is 0 Å². The number of nitrogens with one attached hydrogen (secondary N) is 2. The number of hydrogen-bond acceptors (Lipinski definition) is 4. The predicted octanol–water partition coefficient (Wildman–Crippen LogP) is 3.01. The van der Waals surface area contributed by atoms with Crippen molar-refractivity contribution in [2.24, 2.45) is 0 Å². The first-order chi connectivity index (χ1) is 9.69. The second kappa shape index (κ2) is 6.86. The molecule has 0 aliphatic heterocycles. The first-order valence-corrected chi connectivity index (χ1v) is 6.69. The molecule has 0 spiro atoms. The topological polar surface area (TPSA) is 66.9 Å². The molecule has 0 saturated carbocycles. The highest BCUT2D eigenvalue weighted by molar-refractivity contribution is 6.30. The molecule has 0 fully saturated rings. The van der Waals surface area contributed by atoms with E-state index >= 15 is 0 Å². The second-order valence-corrected chi connectivity index (χ2v) is 4.62. The molecular formula is C14H15ClN4O. The van der Waals surface area contributed by atoms with Gasteiger partial charge in [-0.2, -0.15) is 0 Å². The minimum absolute atomic E-state index is 0.162. The summed E-state index contributed by atoms with van der Waals surface area (Å²) in [6.07, 6.45) is 3.88. The van der Waals surface area contributed by atoms with Crippen molar-refractivity contribution in [2.45, 2.75) is 13.3 Å². The number of carbonyl (C=O) groups excluding carboxylic acids is 1. The summed E-state index contributed by atoms with van der Waals surface area (Å²) in [5, 5.41) is 6.46. The fourth-order valence-corrected chi connectivity index (χ4v) is 1.64. The number of anilines is 2. The van der Waals surface area contributed by atoms with E-state index in [4.69, 9.17) is 11.6 Å². The highest BCUT2D eigenvalue weighted by atomic mass is 35.5. The number of nitrogens with zero attached hydrogens (tertiary/aromatic N) is 2. The molecule has 2 rings (SSSR count). The van der Waals surface area contributed by atoms with Gasteiger partial charge in [-0.05, 0) is 30.7 Å². The van der Waals surface area contributed by atoms with Crippen LogP contribution in [0.3, 0.4) is 0 Å². The standard InChI is InChI=1S/C14H15ClN4O/c1-2-7-16-13(20)10-8-17-14(18-9-10)19-12-5-3-11(15)4-6-12/h3-6,8-9H,2,7H2,1H3,(H,16,20)(H,17,18,19). The quantitative estimate of drug-likeness (QED) is 0.888. The summed E-state index contributed by atoms with van der Waals surface area (Å²) >= 11 is 5.81. The number of rotatable bonds is 5. The van der Waals surface area contributed by atoms with E-state index in [0.29, 0.717) is 23.1 Å². The van der Waals surface area contributed by atoms with Crippen LogP contribution in [0.25, 0.3) is 0 Å². The zero-order chi connectivity index (χ0) is 14.4. The lowest BCUT2D eigenvalue weighted by molar-refractivity contribution is 0.0953. The van der Waals surface area contributed by atoms with Crippen molar-refractivity contribution >= 4 is 29.1 Å². The summed E-state index contributed by atoms with van der Waals surface area (Å²) in [7, 11) is 0. The first kappa shape index (κ1) is 14.3. The average Bonchev–Trinajstić information content (AvgIpc) is 2.48. The maximum Gasteiger partial charge on any atom is 0.254 e. The lowest BCUT2D eigenvalue weighted by Crippen LogP contribution is -2.24. The van der Waals surface area contributed by atoms with Crippen molar-refractivity contribution in [3.63, 3.8) is 0 Å². The number of benzene rings is 1. The van der Waals surface area contributed by atoms with Crippen LogP contribution < -0.4 is 10.6 Å². The third-order valence-corrected chi connectivity index (χ3v) is 2.80. The highest BCUT2D eigenvalue weighted by Gasteiger charge is 2.06. The summed E-state index contributed by atoms with van der Waals surface area (Å²) in [5.74, 6) is 0.268. The molecule has 6 heteroatoms. The Balaban J connectivity index is 2.01. The van der Waals surface area contributed by atoms with Gasteiger partial charge in [0.15, 0.2) is 0 Å². The fourth-order valence-electron chi connectivity index (χ4n) is 1.51. The lowest BCUT2D eigenvalue weighted by atomic mass is 10.3. The van der Waals surface area contributed by atoms with Crippen LogP contribution in [0, 0.1) is 0 Å². The minimum Gasteiger partial charge on any atom is -0.352 e. The molecule has 0 bridgehead atoms. The van der Waals surface area contributed by atoms with Gasteiger partial charge in [0.2, 0.25) is 5.95 Å². The smallest absolute Gasteiger partial charge is 0.254 e. The molecule has 2 N–H and O–H groups in total. The number of carbonyl (C=O) groups is 1. The average molecular weight is 291 g/mol. The molecule has 0 atom stereocenters. The number of aromatic nitrogens is 2. The molecule has 0 aliphatic rings. The van der Waals surface area contributed by atoms with Crippen molar-refractivity contribution in [1.82, 2.24) is 15.3 Å². The van der Waals surface area contributed by atoms with Gasteiger partial charge in [-0.3, -0.25) is 4.79 Å². The van der Waals surface area contributed by atoms with Crippen LogP contribution in [0.1, 0.15) is 23.7 Å². The van der Waals surface area contributed by atoms with E-state index in [-0.39, 0.29) is 5.91 Å². The molecule has 1 aromatic heterocycles. The van der Waals surface area contributed by atoms with E-state index in [1.807, 2.05) is 19.1 Å². The summed E-state index contributed by atoms with van der Waals surface area (Å²) in [5.41, 5.74) is 1.28. The normalized spacial score (nSPS) is 10.1. The Labute approximate surface area is 122 Å². The number of halogens is 1. The molecule has 0 unspecified atom stereocenters. The van der Waals surface area contributed by atoms with Gasteiger partial charge in [0.05, 0.1) is 5.56 Å². The van der Waals surface area contributed by atoms with Crippen LogP contribution >= 0.6 is 11.6 Å². The molecule has 1 aromatic carbocycles. The maximum atomic E-state index is 11.7. The monoisotopic (exact) mass is 290 g/mol. The minimum atomic E-state index is -0.162. The summed E-state index contributed by atoms with van der Waals surface area (Å²) in [6, 6.07) is 7.20. The van der Waals surface area contributed by atoms with Crippen LogP contribution in [0.5, 0.6) is 0 Å². The largest absolute Gasteiger partial charge is 0.352 e. The van der Waals surface area contributed by atoms with Gasteiger partial charge < -0.3 is 10.6 Å². The molecule has 1 amide bonds. The van der Waals surface area contributed by atoms with Gasteiger partial charge in [0, 0.05) is 29.6 Å². The van der Waals surface area contributed by atoms with Crippen molar-refractivity contribution < 1.29 is 4.79 Å². The van der Waals surface area contributed by atoms with Gasteiger partial charge in [-0.25, -0.2) is 9.97 Å². The Morgan fingerprint density at radius 2 is 1.85 bits per heavy atom. The predicted molar refractivity (Wildman–Crippen MR) is 79.4 cm³/mol. The van der Waals surface area contributed by atoms with Gasteiger partial charge in [0.1, 0.15) is 0 Å². The van der Waals surface area contributed by atoms with Crippen LogP contribution in [0.15, 0.2) is 36.7 Å². The van der Waals surface area contributed by atoms with Crippen LogP contribution in [0.4, 0.5) is 11.6 Å². The van der Waals surface area contributed by atoms with Crippen LogP contribution in [-0.4, -0.2) is 22.4 Å². The molecule has 1 heterocycles. The molecule has 0 saturated heterocycles. The summed E-state index contributed by atoms with van der Waals surface area (Å²) in [6.45, 7) is 2.64. The second-order valence-electron chi connectivity index (χ2n) is 4.18. The zero-order valence-electron chi connectivity index (χ0n) is 11.1. The Morgan fingerprint density at radius 1 is 1.20 bits per heavy atom. The van der Waals surface area contributed by atoms with Crippen LogP contribution in [0.2, 0.25) is 5.02 Å². The van der Waals surface area contributed by atoms with Crippen molar-refractivity contribution in [2.75, 3.05) is 11.9 Å². The third kappa shape index (κ3) is 3.93. The zero-order valence-corrected chi connectivity index (χ0v) is 11.8. The van der Waals surface area contributed by atoms with Crippen molar-refractivity contribution in [1.29, 1.82) is 0 Å². The van der Waals surface area contributed by atoms with E-state index in [1.165, 1.54) is 12.4 Å². The summed E-state index contributed by atoms with van der Waals surface area (Å²) in [4.78, 5) is 19.9. The van der Waals surface area contributed by atoms with Gasteiger partial charge in [-0.15, -0.1) is 0 Å². The molecule has 0 radical (unpaired) electrons. The maximum absolute atomic E-state index is 11.7. The van der Waals surface area contributed by atoms with E-state index in [0.717, 1.165) is 12.1 Å². The Hall–Kier alpha value is -2.14. The van der Waals surface area contributed by atoms with Gasteiger partial charge in [-0.1, -0.05) is 18.5 Å². The van der Waals surface area contributed by atoms with E-state index in [9.17, 15) is 4.79 Å². The number of hydrogen-bond donors (Lipinski definition) is 2. The third-order valence-electron chi connectivity index (χ3n) is 2.55. The Morgan fingerprint density at radius 3 is 2.45 bits per heavy atom. The molecule has 2 aromatic rings. The molecular weight excluding hydrogens is 276 g/mol. The van der Waals surface area contributed by atoms with E-state index in [1.54, 1.807) is 12.1 Å². The number of amides is 1. The molecule has 104 valence electrons. The van der Waals surface area contributed by atoms with Crippen LogP contribution in [-0.2, 0) is 0 Å². The molecule has 0 aliphatic carbocycles. The first-order valence-electron chi connectivity index (χ1n) is 6.32. The molecule has 20 heavy (non-hydrogen) atoms. The molecule has 5 nitrogen and oxygen atoms in total. The van der Waals surface area contributed by atoms with E-state index < -0.39 is 0 Å². The SMILES string of the molecule is CCCNC(=O)c1cnc(Nc2ccc(Cl)cc2)nc1. The fraction of sp³-hybridized carbons (Fsp3) is 0.214. The summed E-state index contributed by atoms with van der Waals surface area (Å²) < 4.78 is 0. The van der Waals surface area contributed by atoms with Gasteiger partial charge in [0.25, 0.3) is 5.91 Å². The van der Waals surface area contributed by atoms with Crippen molar-refractivity contribution in [3.8, 4) is 0 Å². The highest BCUT2D eigenvalue weighted by Crippen LogP contribution is 2.16. The Bertz CT molecular complexity index is 569.